The van der Waals surface area contributed by atoms with Crippen LogP contribution in [0.4, 0.5) is 8.78 Å². The number of halogens is 2. The van der Waals surface area contributed by atoms with E-state index in [9.17, 15) is 8.78 Å². The molecule has 0 saturated heterocycles. The highest BCUT2D eigenvalue weighted by molar-refractivity contribution is 5.70. The quantitative estimate of drug-likeness (QED) is 0.508. The highest BCUT2D eigenvalue weighted by atomic mass is 19.1. The molecule has 3 aromatic rings. The van der Waals surface area contributed by atoms with Crippen molar-refractivity contribution in [3.05, 3.63) is 83.3 Å². The van der Waals surface area contributed by atoms with Crippen LogP contribution in [0.3, 0.4) is 0 Å². The molecule has 1 aromatic heterocycles. The second-order valence-corrected chi connectivity index (χ2v) is 6.27. The van der Waals surface area contributed by atoms with E-state index in [2.05, 4.69) is 23.0 Å². The fourth-order valence-electron chi connectivity index (χ4n) is 2.84. The summed E-state index contributed by atoms with van der Waals surface area (Å²) in [7, 11) is 0. The largest absolute Gasteiger partial charge is 0.342 e. The first kappa shape index (κ1) is 18.1. The van der Waals surface area contributed by atoms with Gasteiger partial charge < -0.3 is 4.98 Å². The van der Waals surface area contributed by atoms with E-state index in [0.29, 0.717) is 11.4 Å². The van der Waals surface area contributed by atoms with Gasteiger partial charge in [0.15, 0.2) is 0 Å². The van der Waals surface area contributed by atoms with Crippen molar-refractivity contribution < 1.29 is 8.78 Å². The zero-order valence-corrected chi connectivity index (χ0v) is 14.8. The Morgan fingerprint density at radius 2 is 1.88 bits per heavy atom. The number of aromatic amines is 1. The van der Waals surface area contributed by atoms with Crippen molar-refractivity contribution in [2.45, 2.75) is 32.6 Å². The summed E-state index contributed by atoms with van der Waals surface area (Å²) in [5.41, 5.74) is 2.99. The molecule has 0 aliphatic rings. The van der Waals surface area contributed by atoms with E-state index in [1.165, 1.54) is 6.07 Å². The number of allylic oxidation sites excluding steroid dienone is 1. The second kappa shape index (κ2) is 8.56. The van der Waals surface area contributed by atoms with Gasteiger partial charge in [0, 0.05) is 12.0 Å². The summed E-state index contributed by atoms with van der Waals surface area (Å²) < 4.78 is 27.4. The molecule has 0 fully saturated rings. The number of H-pyrrole nitrogens is 1. The van der Waals surface area contributed by atoms with E-state index in [4.69, 9.17) is 0 Å². The zero-order valence-electron chi connectivity index (χ0n) is 14.8. The van der Waals surface area contributed by atoms with E-state index in [1.54, 1.807) is 0 Å². The van der Waals surface area contributed by atoms with Crippen LogP contribution in [0.25, 0.3) is 17.3 Å². The predicted octanol–water partition coefficient (Wildman–Crippen LogP) is 6.15. The van der Waals surface area contributed by atoms with Crippen LogP contribution in [-0.4, -0.2) is 9.97 Å². The van der Waals surface area contributed by atoms with Crippen molar-refractivity contribution in [3.8, 4) is 11.3 Å². The van der Waals surface area contributed by atoms with Crippen molar-refractivity contribution in [2.75, 3.05) is 0 Å². The lowest BCUT2D eigenvalue weighted by Gasteiger charge is -2.00. The molecule has 26 heavy (non-hydrogen) atoms. The molecule has 134 valence electrons. The summed E-state index contributed by atoms with van der Waals surface area (Å²) in [6, 6.07) is 13.3. The number of nitrogens with zero attached hydrogens (tertiary/aromatic N) is 1. The van der Waals surface area contributed by atoms with E-state index in [-0.39, 0.29) is 6.42 Å². The number of hydrogen-bond acceptors (Lipinski definition) is 1. The fraction of sp³-hybridized carbons (Fsp3) is 0.227. The lowest BCUT2D eigenvalue weighted by molar-refractivity contribution is 0.587. The molecule has 0 aliphatic heterocycles. The van der Waals surface area contributed by atoms with Crippen LogP contribution >= 0.6 is 0 Å². The molecule has 2 aromatic carbocycles. The van der Waals surface area contributed by atoms with Crippen molar-refractivity contribution in [1.29, 1.82) is 0 Å². The Bertz CT molecular complexity index is 882. The number of aromatic nitrogens is 2. The third kappa shape index (κ3) is 4.45. The van der Waals surface area contributed by atoms with E-state index >= 15 is 0 Å². The first-order valence-electron chi connectivity index (χ1n) is 8.92. The van der Waals surface area contributed by atoms with Crippen LogP contribution in [0, 0.1) is 11.6 Å². The van der Waals surface area contributed by atoms with Crippen LogP contribution in [-0.2, 0) is 6.42 Å². The van der Waals surface area contributed by atoms with Gasteiger partial charge in [0.05, 0.1) is 11.4 Å². The Labute approximate surface area is 152 Å². The highest BCUT2D eigenvalue weighted by Crippen LogP contribution is 2.24. The van der Waals surface area contributed by atoms with Gasteiger partial charge >= 0.3 is 0 Å². The molecule has 2 nitrogen and oxygen atoms in total. The maximum atomic E-state index is 14.0. The van der Waals surface area contributed by atoms with Crippen molar-refractivity contribution in [3.63, 3.8) is 0 Å². The predicted molar refractivity (Wildman–Crippen MR) is 102 cm³/mol. The molecule has 3 rings (SSSR count). The maximum Gasteiger partial charge on any atom is 0.127 e. The topological polar surface area (TPSA) is 28.7 Å². The molecule has 0 atom stereocenters. The zero-order chi connectivity index (χ0) is 18.4. The fourth-order valence-corrected chi connectivity index (χ4v) is 2.84. The molecule has 0 radical (unpaired) electrons. The Balaban J connectivity index is 1.92. The Morgan fingerprint density at radius 3 is 2.65 bits per heavy atom. The lowest BCUT2D eigenvalue weighted by atomic mass is 10.1. The third-order valence-corrected chi connectivity index (χ3v) is 4.20. The van der Waals surface area contributed by atoms with E-state index < -0.39 is 11.6 Å². The van der Waals surface area contributed by atoms with Crippen molar-refractivity contribution in [1.82, 2.24) is 9.97 Å². The standard InChI is InChI=1S/C22H22F2N2/c1-2-3-4-8-11-20-22(16-9-6-5-7-10-16)26-21(25-20)15-17-14-18(23)12-13-19(17)24/h5-14H,2-4,15H2,1H3,(H,25,26)/b11-8+. The monoisotopic (exact) mass is 352 g/mol. The minimum atomic E-state index is -0.448. The average Bonchev–Trinajstić information content (AvgIpc) is 3.05. The van der Waals surface area contributed by atoms with Gasteiger partial charge in [-0.1, -0.05) is 56.2 Å². The number of nitrogens with one attached hydrogen (secondary N) is 1. The molecule has 0 saturated carbocycles. The number of unbranched alkanes of at least 4 members (excludes halogenated alkanes) is 2. The Morgan fingerprint density at radius 1 is 1.08 bits per heavy atom. The summed E-state index contributed by atoms with van der Waals surface area (Å²) in [6.45, 7) is 2.16. The SMILES string of the molecule is CCCC/C=C/c1[nH]c(Cc2cc(F)ccc2F)nc1-c1ccccc1. The maximum absolute atomic E-state index is 14.0. The molecule has 4 heteroatoms. The van der Waals surface area contributed by atoms with Gasteiger partial charge in [0.2, 0.25) is 0 Å². The summed E-state index contributed by atoms with van der Waals surface area (Å²) in [5, 5.41) is 0. The smallest absolute Gasteiger partial charge is 0.127 e. The molecular weight excluding hydrogens is 330 g/mol. The average molecular weight is 352 g/mol. The van der Waals surface area contributed by atoms with Gasteiger partial charge in [0.1, 0.15) is 17.5 Å². The molecule has 1 heterocycles. The van der Waals surface area contributed by atoms with Crippen LogP contribution in [0.1, 0.15) is 43.3 Å². The first-order chi connectivity index (χ1) is 12.7. The lowest BCUT2D eigenvalue weighted by Crippen LogP contribution is -1.96. The second-order valence-electron chi connectivity index (χ2n) is 6.27. The molecule has 0 aliphatic carbocycles. The van der Waals surface area contributed by atoms with Crippen LogP contribution in [0.5, 0.6) is 0 Å². The number of rotatable bonds is 7. The minimum Gasteiger partial charge on any atom is -0.342 e. The van der Waals surface area contributed by atoms with E-state index in [0.717, 1.165) is 48.3 Å². The number of imidazole rings is 1. The summed E-state index contributed by atoms with van der Waals surface area (Å²) in [4.78, 5) is 7.91. The van der Waals surface area contributed by atoms with Gasteiger partial charge in [0.25, 0.3) is 0 Å². The van der Waals surface area contributed by atoms with Crippen LogP contribution in [0.15, 0.2) is 54.6 Å². The molecule has 0 bridgehead atoms. The minimum absolute atomic E-state index is 0.215. The van der Waals surface area contributed by atoms with Crippen molar-refractivity contribution >= 4 is 6.08 Å². The molecule has 1 N–H and O–H groups in total. The van der Waals surface area contributed by atoms with Crippen molar-refractivity contribution in [2.24, 2.45) is 0 Å². The third-order valence-electron chi connectivity index (χ3n) is 4.20. The highest BCUT2D eigenvalue weighted by Gasteiger charge is 2.13. The molecule has 0 amide bonds. The Hall–Kier alpha value is -2.75. The summed E-state index contributed by atoms with van der Waals surface area (Å²) in [6.07, 6.45) is 7.63. The first-order valence-corrected chi connectivity index (χ1v) is 8.92. The number of hydrogen-bond donors (Lipinski definition) is 1. The number of benzene rings is 2. The normalized spacial score (nSPS) is 11.3. The Kier molecular flexibility index (Phi) is 5.95. The van der Waals surface area contributed by atoms with E-state index in [1.807, 2.05) is 36.4 Å². The van der Waals surface area contributed by atoms with Gasteiger partial charge in [-0.25, -0.2) is 13.8 Å². The van der Waals surface area contributed by atoms with Gasteiger partial charge in [-0.2, -0.15) is 0 Å². The van der Waals surface area contributed by atoms with Gasteiger partial charge in [-0.15, -0.1) is 0 Å². The van der Waals surface area contributed by atoms with Crippen LogP contribution in [0.2, 0.25) is 0 Å². The summed E-state index contributed by atoms with van der Waals surface area (Å²) in [5.74, 6) is -0.261. The molecular formula is C22H22F2N2. The molecule has 0 unspecified atom stereocenters. The summed E-state index contributed by atoms with van der Waals surface area (Å²) >= 11 is 0. The van der Waals surface area contributed by atoms with Gasteiger partial charge in [-0.3, -0.25) is 0 Å². The molecule has 0 spiro atoms. The van der Waals surface area contributed by atoms with Crippen LogP contribution < -0.4 is 0 Å². The van der Waals surface area contributed by atoms with Gasteiger partial charge in [-0.05, 0) is 36.3 Å².